The van der Waals surface area contributed by atoms with E-state index in [0.29, 0.717) is 0 Å². The van der Waals surface area contributed by atoms with Crippen LogP contribution in [0.15, 0.2) is 0 Å². The molecule has 190 valence electrons. The highest BCUT2D eigenvalue weighted by atomic mass is 80.0. The third-order valence-electron chi connectivity index (χ3n) is 6.23. The van der Waals surface area contributed by atoms with E-state index in [1.807, 2.05) is 0 Å². The minimum Gasteiger partial charge on any atom is -0.405 e. The van der Waals surface area contributed by atoms with Crippen molar-refractivity contribution in [3.05, 3.63) is 0 Å². The van der Waals surface area contributed by atoms with Gasteiger partial charge in [-0.15, -0.1) is 0 Å². The third kappa shape index (κ3) is 35.1. The SMILES string of the molecule is CCCCCCCCCCCC[N+](C)(C)CCCCCCCCCCCC.[O-][Br+2]([O-])[O-]. The summed E-state index contributed by atoms with van der Waals surface area (Å²) in [6.07, 6.45) is 29.0. The van der Waals surface area contributed by atoms with Crippen molar-refractivity contribution >= 4 is 0 Å². The Hall–Kier alpha value is 0.320. The first-order valence-electron chi connectivity index (χ1n) is 13.4. The fraction of sp³-hybridized carbons (Fsp3) is 1.00. The smallest absolute Gasteiger partial charge is 0.216 e. The van der Waals surface area contributed by atoms with Gasteiger partial charge in [-0.1, -0.05) is 117 Å². The molecule has 0 aromatic carbocycles. The first-order valence-corrected chi connectivity index (χ1v) is 15.3. The Morgan fingerprint density at radius 3 is 0.839 bits per heavy atom. The summed E-state index contributed by atoms with van der Waals surface area (Å²) in [7, 11) is 4.89. The van der Waals surface area contributed by atoms with E-state index in [1.54, 1.807) is 0 Å². The van der Waals surface area contributed by atoms with Crippen molar-refractivity contribution in [1.29, 1.82) is 0 Å². The van der Waals surface area contributed by atoms with E-state index >= 15 is 0 Å². The lowest BCUT2D eigenvalue weighted by molar-refractivity contribution is -1.73. The van der Waals surface area contributed by atoms with Gasteiger partial charge in [0.1, 0.15) is 0 Å². The molecule has 0 bridgehead atoms. The first kappa shape index (κ1) is 33.5. The molecule has 0 aromatic rings. The summed E-state index contributed by atoms with van der Waals surface area (Å²) in [6.45, 7) is 7.37. The first-order chi connectivity index (χ1) is 14.9. The highest BCUT2D eigenvalue weighted by molar-refractivity contribution is 4.50. The normalized spacial score (nSPS) is 11.6. The van der Waals surface area contributed by atoms with Crippen molar-refractivity contribution < 1.29 is 31.9 Å². The molecule has 0 fully saturated rings. The Labute approximate surface area is 201 Å². The van der Waals surface area contributed by atoms with Gasteiger partial charge in [0, 0.05) is 0 Å². The van der Waals surface area contributed by atoms with Gasteiger partial charge in [-0.05, 0) is 25.7 Å². The molecule has 5 heteroatoms. The van der Waals surface area contributed by atoms with Gasteiger partial charge in [0.2, 0.25) is 14.8 Å². The number of quaternary nitrogens is 1. The topological polar surface area (TPSA) is 69.2 Å². The molecule has 0 unspecified atom stereocenters. The molecule has 0 aliphatic carbocycles. The van der Waals surface area contributed by atoms with Gasteiger partial charge >= 0.3 is 0 Å². The van der Waals surface area contributed by atoms with Gasteiger partial charge in [0.15, 0.2) is 0 Å². The lowest BCUT2D eigenvalue weighted by Gasteiger charge is -2.30. The van der Waals surface area contributed by atoms with Crippen LogP contribution in [0.2, 0.25) is 0 Å². The minimum atomic E-state index is -3.65. The van der Waals surface area contributed by atoms with Crippen LogP contribution in [0.5, 0.6) is 0 Å². The maximum atomic E-state index is 8.52. The zero-order valence-corrected chi connectivity index (χ0v) is 23.2. The maximum Gasteiger partial charge on any atom is 0.216 e. The molecule has 0 spiro atoms. The summed E-state index contributed by atoms with van der Waals surface area (Å²) >= 11 is -3.65. The molecule has 4 nitrogen and oxygen atoms in total. The number of unbranched alkanes of at least 4 members (excludes halogenated alkanes) is 18. The Balaban J connectivity index is 0. The Morgan fingerprint density at radius 2 is 0.613 bits per heavy atom. The van der Waals surface area contributed by atoms with E-state index in [2.05, 4.69) is 27.9 Å². The van der Waals surface area contributed by atoms with E-state index in [1.165, 1.54) is 146 Å². The van der Waals surface area contributed by atoms with Crippen molar-refractivity contribution in [3.8, 4) is 0 Å². The number of halogens is 1. The average Bonchev–Trinajstić information content (AvgIpc) is 2.70. The largest absolute Gasteiger partial charge is 0.405 e. The molecule has 0 amide bonds. The van der Waals surface area contributed by atoms with Crippen LogP contribution in [0.25, 0.3) is 0 Å². The van der Waals surface area contributed by atoms with E-state index in [4.69, 9.17) is 12.6 Å². The van der Waals surface area contributed by atoms with Gasteiger partial charge in [-0.2, -0.15) is 0 Å². The molecule has 0 aliphatic heterocycles. The summed E-state index contributed by atoms with van der Waals surface area (Å²) in [6, 6.07) is 0. The van der Waals surface area contributed by atoms with Crippen molar-refractivity contribution in [2.45, 2.75) is 142 Å². The fourth-order valence-electron chi connectivity index (χ4n) is 4.17. The summed E-state index contributed by atoms with van der Waals surface area (Å²) < 4.78 is 26.8. The van der Waals surface area contributed by atoms with Crippen LogP contribution in [0, 0.1) is 14.8 Å². The number of hydrogen-bond donors (Lipinski definition) is 0. The van der Waals surface area contributed by atoms with E-state index in [-0.39, 0.29) is 0 Å². The van der Waals surface area contributed by atoms with E-state index in [0.717, 1.165) is 0 Å². The predicted molar refractivity (Wildman–Crippen MR) is 126 cm³/mol. The number of rotatable bonds is 22. The summed E-state index contributed by atoms with van der Waals surface area (Å²) in [5.41, 5.74) is 0. The molecular formula is C26H56BrNO3. The Kier molecular flexibility index (Phi) is 28.7. The zero-order valence-electron chi connectivity index (χ0n) is 21.6. The molecule has 0 saturated heterocycles. The van der Waals surface area contributed by atoms with Crippen LogP contribution in [-0.2, 0) is 0 Å². The van der Waals surface area contributed by atoms with Gasteiger partial charge in [-0.25, -0.2) is 0 Å². The van der Waals surface area contributed by atoms with Crippen molar-refractivity contribution in [2.75, 3.05) is 27.2 Å². The van der Waals surface area contributed by atoms with Crippen molar-refractivity contribution in [3.63, 3.8) is 0 Å². The van der Waals surface area contributed by atoms with Gasteiger partial charge < -0.3 is 17.1 Å². The summed E-state index contributed by atoms with van der Waals surface area (Å²) in [5.74, 6) is 0. The molecule has 0 N–H and O–H groups in total. The monoisotopic (exact) mass is 509 g/mol. The van der Waals surface area contributed by atoms with Crippen LogP contribution in [-0.4, -0.2) is 31.7 Å². The van der Waals surface area contributed by atoms with Crippen LogP contribution in [0.1, 0.15) is 142 Å². The highest BCUT2D eigenvalue weighted by Gasteiger charge is 2.13. The molecular weight excluding hydrogens is 454 g/mol. The van der Waals surface area contributed by atoms with Crippen LogP contribution in [0.4, 0.5) is 0 Å². The average molecular weight is 511 g/mol. The predicted octanol–water partition coefficient (Wildman–Crippen LogP) is 5.34. The third-order valence-corrected chi connectivity index (χ3v) is 6.23. The van der Waals surface area contributed by atoms with Crippen molar-refractivity contribution in [2.24, 2.45) is 0 Å². The molecule has 0 radical (unpaired) electrons. The molecule has 0 aliphatic rings. The molecule has 0 rings (SSSR count). The second kappa shape index (κ2) is 26.6. The van der Waals surface area contributed by atoms with Crippen LogP contribution in [0.3, 0.4) is 0 Å². The standard InChI is InChI=1S/C26H56N.BrO3/c1-5-7-9-11-13-15-17-19-21-23-25-27(3,4)26-24-22-20-18-16-14-12-10-8-6-2;2-1(3)4/h5-26H2,1-4H3;/q+1;-1. The van der Waals surface area contributed by atoms with E-state index in [9.17, 15) is 0 Å². The second-order valence-corrected chi connectivity index (χ2v) is 10.7. The fourth-order valence-corrected chi connectivity index (χ4v) is 4.17. The van der Waals surface area contributed by atoms with Crippen LogP contribution >= 0.6 is 0 Å². The minimum absolute atomic E-state index is 1.24. The highest BCUT2D eigenvalue weighted by Crippen LogP contribution is 2.14. The van der Waals surface area contributed by atoms with Gasteiger partial charge in [-0.3, -0.25) is 0 Å². The zero-order chi connectivity index (χ0) is 23.6. The summed E-state index contributed by atoms with van der Waals surface area (Å²) in [5, 5.41) is 0. The molecule has 0 atom stereocenters. The lowest BCUT2D eigenvalue weighted by atomic mass is 10.1. The molecule has 0 saturated carbocycles. The van der Waals surface area contributed by atoms with Crippen molar-refractivity contribution in [1.82, 2.24) is 0 Å². The second-order valence-electron chi connectivity index (χ2n) is 9.94. The lowest BCUT2D eigenvalue weighted by Crippen LogP contribution is -2.42. The Morgan fingerprint density at radius 1 is 0.419 bits per heavy atom. The van der Waals surface area contributed by atoms with Crippen LogP contribution < -0.4 is 12.6 Å². The number of hydrogen-bond acceptors (Lipinski definition) is 3. The molecule has 0 aromatic heterocycles. The van der Waals surface area contributed by atoms with E-state index < -0.39 is 14.8 Å². The molecule has 0 heterocycles. The quantitative estimate of drug-likeness (QED) is 0.146. The molecule has 31 heavy (non-hydrogen) atoms. The van der Waals surface area contributed by atoms with Gasteiger partial charge in [0.25, 0.3) is 0 Å². The Bertz CT molecular complexity index is 299. The maximum absolute atomic E-state index is 8.52. The van der Waals surface area contributed by atoms with Gasteiger partial charge in [0.05, 0.1) is 27.2 Å². The number of nitrogens with zero attached hydrogens (tertiary/aromatic N) is 1. The summed E-state index contributed by atoms with van der Waals surface area (Å²) in [4.78, 5) is 0.